The maximum atomic E-state index is 6.47. The van der Waals surface area contributed by atoms with Crippen molar-refractivity contribution in [3.05, 3.63) is 29.8 Å². The van der Waals surface area contributed by atoms with Crippen molar-refractivity contribution < 1.29 is 4.74 Å². The van der Waals surface area contributed by atoms with Crippen LogP contribution in [0.25, 0.3) is 0 Å². The second kappa shape index (κ2) is 5.07. The molecule has 0 radical (unpaired) electrons. The normalized spacial score (nSPS) is 33.4. The van der Waals surface area contributed by atoms with Gasteiger partial charge in [-0.15, -0.1) is 0 Å². The van der Waals surface area contributed by atoms with Crippen molar-refractivity contribution in [2.24, 2.45) is 23.5 Å². The van der Waals surface area contributed by atoms with E-state index in [0.717, 1.165) is 29.9 Å². The second-order valence-electron chi connectivity index (χ2n) is 7.17. The minimum Gasteiger partial charge on any atom is -0.490 e. The molecule has 3 aliphatic rings. The summed E-state index contributed by atoms with van der Waals surface area (Å²) in [7, 11) is 0. The van der Waals surface area contributed by atoms with Crippen molar-refractivity contribution in [2.45, 2.75) is 57.1 Å². The summed E-state index contributed by atoms with van der Waals surface area (Å²) >= 11 is 0. The van der Waals surface area contributed by atoms with E-state index >= 15 is 0 Å². The van der Waals surface area contributed by atoms with Crippen LogP contribution in [-0.4, -0.2) is 6.10 Å². The fourth-order valence-corrected chi connectivity index (χ4v) is 4.32. The Balaban J connectivity index is 1.41. The lowest BCUT2D eigenvalue weighted by Crippen LogP contribution is -2.19. The van der Waals surface area contributed by atoms with E-state index in [2.05, 4.69) is 24.3 Å². The monoisotopic (exact) mass is 271 g/mol. The van der Waals surface area contributed by atoms with Crippen LogP contribution in [0.5, 0.6) is 5.75 Å². The quantitative estimate of drug-likeness (QED) is 0.876. The molecule has 1 aromatic carbocycles. The van der Waals surface area contributed by atoms with Crippen molar-refractivity contribution in [3.63, 3.8) is 0 Å². The summed E-state index contributed by atoms with van der Waals surface area (Å²) in [6.45, 7) is 0. The number of hydrogen-bond donors (Lipinski definition) is 1. The zero-order valence-corrected chi connectivity index (χ0v) is 12.1. The predicted molar refractivity (Wildman–Crippen MR) is 80.6 cm³/mol. The van der Waals surface area contributed by atoms with Crippen molar-refractivity contribution in [1.82, 2.24) is 0 Å². The Hall–Kier alpha value is -1.02. The first-order valence-electron chi connectivity index (χ1n) is 8.30. The molecule has 0 saturated heterocycles. The van der Waals surface area contributed by atoms with Crippen LogP contribution in [0.1, 0.15) is 56.6 Å². The zero-order valence-electron chi connectivity index (χ0n) is 12.1. The highest BCUT2D eigenvalue weighted by atomic mass is 16.5. The SMILES string of the molecule is NC(CC1CC2CCC1C2)c1cccc(OC2CC2)c1. The number of fused-ring (bicyclic) bond motifs is 2. The molecule has 2 nitrogen and oxygen atoms in total. The first-order valence-corrected chi connectivity index (χ1v) is 8.30. The minimum absolute atomic E-state index is 0.183. The first-order chi connectivity index (χ1) is 9.78. The molecule has 1 aromatic rings. The third-order valence-corrected chi connectivity index (χ3v) is 5.55. The molecular weight excluding hydrogens is 246 g/mol. The van der Waals surface area contributed by atoms with E-state index in [9.17, 15) is 0 Å². The van der Waals surface area contributed by atoms with Gasteiger partial charge in [0.15, 0.2) is 0 Å². The van der Waals surface area contributed by atoms with E-state index in [-0.39, 0.29) is 6.04 Å². The van der Waals surface area contributed by atoms with E-state index in [1.807, 2.05) is 0 Å². The van der Waals surface area contributed by atoms with Gasteiger partial charge in [0, 0.05) is 6.04 Å². The number of ether oxygens (including phenoxy) is 1. The van der Waals surface area contributed by atoms with Gasteiger partial charge in [-0.1, -0.05) is 18.6 Å². The van der Waals surface area contributed by atoms with Crippen LogP contribution in [0.3, 0.4) is 0 Å². The van der Waals surface area contributed by atoms with Gasteiger partial charge >= 0.3 is 0 Å². The number of nitrogens with two attached hydrogens (primary N) is 1. The molecule has 3 saturated carbocycles. The molecule has 0 aromatic heterocycles. The van der Waals surface area contributed by atoms with Crippen LogP contribution in [0.2, 0.25) is 0 Å². The van der Waals surface area contributed by atoms with Gasteiger partial charge in [0.05, 0.1) is 6.10 Å². The van der Waals surface area contributed by atoms with Crippen LogP contribution in [0.4, 0.5) is 0 Å². The maximum absolute atomic E-state index is 6.47. The molecule has 4 unspecified atom stereocenters. The van der Waals surface area contributed by atoms with Crippen LogP contribution in [0.15, 0.2) is 24.3 Å². The van der Waals surface area contributed by atoms with Crippen molar-refractivity contribution in [2.75, 3.05) is 0 Å². The Morgan fingerprint density at radius 1 is 1.15 bits per heavy atom. The summed E-state index contributed by atoms with van der Waals surface area (Å²) in [4.78, 5) is 0. The number of benzene rings is 1. The highest BCUT2D eigenvalue weighted by Crippen LogP contribution is 2.50. The topological polar surface area (TPSA) is 35.2 Å². The average molecular weight is 271 g/mol. The molecule has 3 fully saturated rings. The van der Waals surface area contributed by atoms with Crippen LogP contribution >= 0.6 is 0 Å². The van der Waals surface area contributed by atoms with E-state index in [4.69, 9.17) is 10.5 Å². The van der Waals surface area contributed by atoms with Gasteiger partial charge in [-0.2, -0.15) is 0 Å². The van der Waals surface area contributed by atoms with Crippen molar-refractivity contribution in [1.29, 1.82) is 0 Å². The Morgan fingerprint density at radius 3 is 2.75 bits per heavy atom. The molecule has 3 aliphatic carbocycles. The van der Waals surface area contributed by atoms with Crippen molar-refractivity contribution >= 4 is 0 Å². The zero-order chi connectivity index (χ0) is 13.5. The smallest absolute Gasteiger partial charge is 0.120 e. The molecule has 0 aliphatic heterocycles. The van der Waals surface area contributed by atoms with E-state index in [0.29, 0.717) is 6.10 Å². The Bertz CT molecular complexity index is 482. The third-order valence-electron chi connectivity index (χ3n) is 5.55. The Morgan fingerprint density at radius 2 is 2.05 bits per heavy atom. The summed E-state index contributed by atoms with van der Waals surface area (Å²) in [5.41, 5.74) is 7.72. The largest absolute Gasteiger partial charge is 0.490 e. The number of hydrogen-bond acceptors (Lipinski definition) is 2. The molecule has 2 bridgehead atoms. The molecule has 4 rings (SSSR count). The molecule has 108 valence electrons. The van der Waals surface area contributed by atoms with Gasteiger partial charge in [-0.25, -0.2) is 0 Å². The summed E-state index contributed by atoms with van der Waals surface area (Å²) in [5, 5.41) is 0. The van der Waals surface area contributed by atoms with Gasteiger partial charge in [0.25, 0.3) is 0 Å². The summed E-state index contributed by atoms with van der Waals surface area (Å²) in [6.07, 6.45) is 9.87. The molecule has 4 atom stereocenters. The van der Waals surface area contributed by atoms with Crippen LogP contribution in [0, 0.1) is 17.8 Å². The fraction of sp³-hybridized carbons (Fsp3) is 0.667. The van der Waals surface area contributed by atoms with Gasteiger partial charge in [0.2, 0.25) is 0 Å². The Labute approximate surface area is 121 Å². The van der Waals surface area contributed by atoms with Gasteiger partial charge in [-0.3, -0.25) is 0 Å². The predicted octanol–water partition coefficient (Wildman–Crippen LogP) is 4.05. The minimum atomic E-state index is 0.183. The molecule has 0 heterocycles. The lowest BCUT2D eigenvalue weighted by atomic mass is 9.83. The van der Waals surface area contributed by atoms with Crippen LogP contribution < -0.4 is 10.5 Å². The molecule has 0 spiro atoms. The van der Waals surface area contributed by atoms with Crippen LogP contribution in [-0.2, 0) is 0 Å². The molecule has 2 heteroatoms. The van der Waals surface area contributed by atoms with E-state index in [1.165, 1.54) is 44.1 Å². The van der Waals surface area contributed by atoms with Crippen molar-refractivity contribution in [3.8, 4) is 5.75 Å². The maximum Gasteiger partial charge on any atom is 0.120 e. The lowest BCUT2D eigenvalue weighted by molar-refractivity contribution is 0.293. The fourth-order valence-electron chi connectivity index (χ4n) is 4.32. The highest BCUT2D eigenvalue weighted by molar-refractivity contribution is 5.31. The lowest BCUT2D eigenvalue weighted by Gasteiger charge is -2.25. The molecular formula is C18H25NO. The first kappa shape index (κ1) is 12.7. The molecule has 0 amide bonds. The summed E-state index contributed by atoms with van der Waals surface area (Å²) < 4.78 is 5.88. The average Bonchev–Trinajstić information content (AvgIpc) is 3.02. The molecule has 20 heavy (non-hydrogen) atoms. The third kappa shape index (κ3) is 2.58. The van der Waals surface area contributed by atoms with E-state index in [1.54, 1.807) is 0 Å². The van der Waals surface area contributed by atoms with Gasteiger partial charge in [-0.05, 0) is 74.0 Å². The highest BCUT2D eigenvalue weighted by Gasteiger charge is 2.39. The standard InChI is InChI=1S/C18H25NO/c19-18(11-15-9-12-4-5-13(15)8-12)14-2-1-3-17(10-14)20-16-6-7-16/h1-3,10,12-13,15-16,18H,4-9,11,19H2. The Kier molecular flexibility index (Phi) is 3.22. The van der Waals surface area contributed by atoms with E-state index < -0.39 is 0 Å². The summed E-state index contributed by atoms with van der Waals surface area (Å²) in [6, 6.07) is 8.66. The van der Waals surface area contributed by atoms with Gasteiger partial charge < -0.3 is 10.5 Å². The number of rotatable bonds is 5. The molecule has 2 N–H and O–H groups in total. The second-order valence-corrected chi connectivity index (χ2v) is 7.17. The summed E-state index contributed by atoms with van der Waals surface area (Å²) in [5.74, 6) is 3.86. The van der Waals surface area contributed by atoms with Gasteiger partial charge in [0.1, 0.15) is 5.75 Å².